The molecule has 3 rings (SSSR count). The van der Waals surface area contributed by atoms with Gasteiger partial charge in [-0.15, -0.1) is 0 Å². The lowest BCUT2D eigenvalue weighted by atomic mass is 9.98. The van der Waals surface area contributed by atoms with Crippen molar-refractivity contribution >= 4 is 17.5 Å². The first-order valence-electron chi connectivity index (χ1n) is 9.97. The molecule has 29 heavy (non-hydrogen) atoms. The van der Waals surface area contributed by atoms with Crippen molar-refractivity contribution in [2.75, 3.05) is 25.5 Å². The van der Waals surface area contributed by atoms with E-state index in [4.69, 9.17) is 9.47 Å². The number of rotatable bonds is 6. The summed E-state index contributed by atoms with van der Waals surface area (Å²) in [6.45, 7) is 5.52. The van der Waals surface area contributed by atoms with E-state index >= 15 is 0 Å². The second-order valence-corrected chi connectivity index (χ2v) is 7.48. The van der Waals surface area contributed by atoms with Crippen LogP contribution in [0.3, 0.4) is 0 Å². The molecule has 2 aromatic rings. The van der Waals surface area contributed by atoms with E-state index in [-0.39, 0.29) is 11.8 Å². The van der Waals surface area contributed by atoms with Gasteiger partial charge in [0, 0.05) is 24.3 Å². The lowest BCUT2D eigenvalue weighted by Crippen LogP contribution is -2.37. The first-order chi connectivity index (χ1) is 14.0. The van der Waals surface area contributed by atoms with Crippen LogP contribution >= 0.6 is 0 Å². The second kappa shape index (κ2) is 9.45. The van der Waals surface area contributed by atoms with Gasteiger partial charge in [-0.2, -0.15) is 0 Å². The van der Waals surface area contributed by atoms with Crippen LogP contribution in [-0.2, 0) is 4.79 Å². The number of piperidine rings is 1. The molecule has 6 nitrogen and oxygen atoms in total. The topological polar surface area (TPSA) is 67.9 Å². The molecule has 0 spiro atoms. The third-order valence-electron chi connectivity index (χ3n) is 5.21. The van der Waals surface area contributed by atoms with Gasteiger partial charge >= 0.3 is 0 Å². The van der Waals surface area contributed by atoms with E-state index < -0.39 is 6.10 Å². The molecular weight excluding hydrogens is 368 g/mol. The molecule has 1 saturated heterocycles. The Morgan fingerprint density at radius 3 is 2.17 bits per heavy atom. The molecule has 1 N–H and O–H groups in total. The number of hydrogen-bond acceptors (Lipinski definition) is 4. The summed E-state index contributed by atoms with van der Waals surface area (Å²) in [7, 11) is 1.60. The highest BCUT2D eigenvalue weighted by Gasteiger charge is 2.21. The van der Waals surface area contributed by atoms with Crippen molar-refractivity contribution in [2.45, 2.75) is 32.8 Å². The van der Waals surface area contributed by atoms with E-state index in [1.807, 2.05) is 4.90 Å². The molecule has 1 aliphatic heterocycles. The van der Waals surface area contributed by atoms with Gasteiger partial charge in [0.25, 0.3) is 11.8 Å². The zero-order valence-electron chi connectivity index (χ0n) is 17.2. The van der Waals surface area contributed by atoms with Gasteiger partial charge in [-0.05, 0) is 74.2 Å². The number of anilines is 1. The third kappa shape index (κ3) is 5.50. The van der Waals surface area contributed by atoms with Gasteiger partial charge in [-0.1, -0.05) is 6.92 Å². The van der Waals surface area contributed by atoms with Crippen LogP contribution in [0.25, 0.3) is 0 Å². The summed E-state index contributed by atoms with van der Waals surface area (Å²) in [6.07, 6.45) is 1.43. The molecule has 1 aliphatic rings. The summed E-state index contributed by atoms with van der Waals surface area (Å²) in [6, 6.07) is 14.1. The quantitative estimate of drug-likeness (QED) is 0.802. The van der Waals surface area contributed by atoms with Crippen molar-refractivity contribution in [3.63, 3.8) is 0 Å². The van der Waals surface area contributed by atoms with Crippen LogP contribution in [0.15, 0.2) is 48.5 Å². The number of benzene rings is 2. The van der Waals surface area contributed by atoms with Crippen LogP contribution in [0.5, 0.6) is 11.5 Å². The number of carbonyl (C=O) groups is 2. The maximum absolute atomic E-state index is 12.6. The Kier molecular flexibility index (Phi) is 6.75. The van der Waals surface area contributed by atoms with Crippen molar-refractivity contribution in [3.8, 4) is 11.5 Å². The van der Waals surface area contributed by atoms with Gasteiger partial charge in [0.2, 0.25) is 0 Å². The Hall–Kier alpha value is -3.02. The predicted molar refractivity (Wildman–Crippen MR) is 112 cm³/mol. The van der Waals surface area contributed by atoms with Crippen molar-refractivity contribution < 1.29 is 19.1 Å². The fraction of sp³-hybridized carbons (Fsp3) is 0.391. The number of hydrogen-bond donors (Lipinski definition) is 1. The highest BCUT2D eigenvalue weighted by molar-refractivity contribution is 5.96. The number of nitrogens with one attached hydrogen (secondary N) is 1. The summed E-state index contributed by atoms with van der Waals surface area (Å²) >= 11 is 0. The van der Waals surface area contributed by atoms with Crippen LogP contribution in [0.4, 0.5) is 5.69 Å². The minimum atomic E-state index is -0.667. The average Bonchev–Trinajstić information content (AvgIpc) is 2.75. The minimum absolute atomic E-state index is 0.0472. The van der Waals surface area contributed by atoms with E-state index in [1.54, 1.807) is 62.6 Å². The summed E-state index contributed by atoms with van der Waals surface area (Å²) in [5.74, 6) is 1.78. The molecule has 2 amide bonds. The van der Waals surface area contributed by atoms with Gasteiger partial charge in [-0.3, -0.25) is 9.59 Å². The molecule has 0 aromatic heterocycles. The number of ether oxygens (including phenoxy) is 2. The molecule has 1 unspecified atom stereocenters. The van der Waals surface area contributed by atoms with Crippen LogP contribution in [0.1, 0.15) is 37.0 Å². The molecule has 1 atom stereocenters. The standard InChI is InChI=1S/C23H28N2O4/c1-16-12-14-25(15-13-16)23(27)18-4-6-19(7-5-18)24-22(26)17(2)29-21-10-8-20(28-3)9-11-21/h4-11,16-17H,12-15H2,1-3H3,(H,24,26). The van der Waals surface area contributed by atoms with Gasteiger partial charge in [0.15, 0.2) is 6.10 Å². The lowest BCUT2D eigenvalue weighted by Gasteiger charge is -2.30. The van der Waals surface area contributed by atoms with E-state index in [9.17, 15) is 9.59 Å². The van der Waals surface area contributed by atoms with E-state index in [0.29, 0.717) is 22.9 Å². The van der Waals surface area contributed by atoms with E-state index in [2.05, 4.69) is 12.2 Å². The summed E-state index contributed by atoms with van der Waals surface area (Å²) in [4.78, 5) is 26.9. The minimum Gasteiger partial charge on any atom is -0.497 e. The number of likely N-dealkylation sites (tertiary alicyclic amines) is 1. The predicted octanol–water partition coefficient (Wildman–Crippen LogP) is 3.97. The van der Waals surface area contributed by atoms with Crippen molar-refractivity contribution in [1.82, 2.24) is 4.90 Å². The zero-order chi connectivity index (χ0) is 20.8. The van der Waals surface area contributed by atoms with Gasteiger partial charge in [0.1, 0.15) is 11.5 Å². The maximum atomic E-state index is 12.6. The lowest BCUT2D eigenvalue weighted by molar-refractivity contribution is -0.122. The van der Waals surface area contributed by atoms with Crippen LogP contribution in [0, 0.1) is 5.92 Å². The number of amides is 2. The van der Waals surface area contributed by atoms with Gasteiger partial charge in [0.05, 0.1) is 7.11 Å². The molecule has 1 heterocycles. The molecule has 154 valence electrons. The van der Waals surface area contributed by atoms with E-state index in [0.717, 1.165) is 31.7 Å². The number of nitrogens with zero attached hydrogens (tertiary/aromatic N) is 1. The number of methoxy groups -OCH3 is 1. The van der Waals surface area contributed by atoms with E-state index in [1.165, 1.54) is 0 Å². The Balaban J connectivity index is 1.54. The first-order valence-corrected chi connectivity index (χ1v) is 9.97. The second-order valence-electron chi connectivity index (χ2n) is 7.48. The molecule has 6 heteroatoms. The van der Waals surface area contributed by atoms with Gasteiger partial charge < -0.3 is 19.7 Å². The fourth-order valence-corrected chi connectivity index (χ4v) is 3.25. The highest BCUT2D eigenvalue weighted by Crippen LogP contribution is 2.20. The molecule has 0 radical (unpaired) electrons. The fourth-order valence-electron chi connectivity index (χ4n) is 3.25. The Bertz CT molecular complexity index is 825. The summed E-state index contributed by atoms with van der Waals surface area (Å²) in [5.41, 5.74) is 1.27. The van der Waals surface area contributed by atoms with Crippen LogP contribution < -0.4 is 14.8 Å². The first kappa shape index (κ1) is 20.7. The highest BCUT2D eigenvalue weighted by atomic mass is 16.5. The maximum Gasteiger partial charge on any atom is 0.265 e. The molecule has 0 saturated carbocycles. The smallest absolute Gasteiger partial charge is 0.265 e. The van der Waals surface area contributed by atoms with Crippen molar-refractivity contribution in [2.24, 2.45) is 5.92 Å². The largest absolute Gasteiger partial charge is 0.497 e. The Labute approximate surface area is 171 Å². The van der Waals surface area contributed by atoms with Gasteiger partial charge in [-0.25, -0.2) is 0 Å². The zero-order valence-corrected chi connectivity index (χ0v) is 17.2. The molecule has 2 aromatic carbocycles. The molecule has 0 bridgehead atoms. The normalized spacial score (nSPS) is 15.5. The van der Waals surface area contributed by atoms with Crippen molar-refractivity contribution in [3.05, 3.63) is 54.1 Å². The van der Waals surface area contributed by atoms with Crippen molar-refractivity contribution in [1.29, 1.82) is 0 Å². The Morgan fingerprint density at radius 2 is 1.59 bits per heavy atom. The molecular formula is C23H28N2O4. The molecule has 0 aliphatic carbocycles. The third-order valence-corrected chi connectivity index (χ3v) is 5.21. The monoisotopic (exact) mass is 396 g/mol. The SMILES string of the molecule is COc1ccc(OC(C)C(=O)Nc2ccc(C(=O)N3CCC(C)CC3)cc2)cc1. The average molecular weight is 396 g/mol. The van der Waals surface area contributed by atoms with Crippen LogP contribution in [0.2, 0.25) is 0 Å². The summed E-state index contributed by atoms with van der Waals surface area (Å²) in [5, 5.41) is 2.82. The van der Waals surface area contributed by atoms with Crippen LogP contribution in [-0.4, -0.2) is 43.0 Å². The summed E-state index contributed by atoms with van der Waals surface area (Å²) < 4.78 is 10.8. The Morgan fingerprint density at radius 1 is 1.00 bits per heavy atom. The number of carbonyl (C=O) groups excluding carboxylic acids is 2. The molecule has 1 fully saturated rings.